The number of rotatable bonds is 1. The van der Waals surface area contributed by atoms with E-state index >= 15 is 0 Å². The summed E-state index contributed by atoms with van der Waals surface area (Å²) >= 11 is 0. The number of benzene rings is 6. The molecule has 0 bridgehead atoms. The fourth-order valence-electron chi connectivity index (χ4n) is 7.81. The Labute approximate surface area is 234 Å². The third-order valence-electron chi connectivity index (χ3n) is 9.35. The van der Waals surface area contributed by atoms with Gasteiger partial charge < -0.3 is 18.6 Å². The van der Waals surface area contributed by atoms with E-state index in [1.165, 1.54) is 65.9 Å². The van der Waals surface area contributed by atoms with Crippen LogP contribution in [0.25, 0.3) is 55.0 Å². The van der Waals surface area contributed by atoms with Crippen LogP contribution in [0.5, 0.6) is 23.0 Å². The molecule has 6 aromatic carbocycles. The Bertz CT molecular complexity index is 2470. The highest BCUT2D eigenvalue weighted by Crippen LogP contribution is 2.44. The highest BCUT2D eigenvalue weighted by molar-refractivity contribution is 7.00. The molecule has 11 rings (SSSR count). The van der Waals surface area contributed by atoms with Crippen molar-refractivity contribution in [1.82, 2.24) is 9.13 Å². The van der Waals surface area contributed by atoms with Gasteiger partial charge in [0.25, 0.3) is 6.71 Å². The van der Waals surface area contributed by atoms with Crippen molar-refractivity contribution < 1.29 is 9.47 Å². The molecule has 0 saturated heterocycles. The van der Waals surface area contributed by atoms with Crippen LogP contribution in [0.3, 0.4) is 0 Å². The summed E-state index contributed by atoms with van der Waals surface area (Å²) in [6.07, 6.45) is 0. The number of hydrogen-bond donors (Lipinski definition) is 0. The van der Waals surface area contributed by atoms with Crippen LogP contribution in [0.15, 0.2) is 115 Å². The Kier molecular flexibility index (Phi) is 3.41. The molecule has 0 N–H and O–H groups in total. The molecule has 41 heavy (non-hydrogen) atoms. The smallest absolute Gasteiger partial charge is 0.266 e. The summed E-state index contributed by atoms with van der Waals surface area (Å²) in [6.45, 7) is 0.0822. The van der Waals surface area contributed by atoms with Gasteiger partial charge in [-0.2, -0.15) is 0 Å². The van der Waals surface area contributed by atoms with Crippen LogP contribution in [-0.2, 0) is 0 Å². The predicted molar refractivity (Wildman–Crippen MR) is 166 cm³/mol. The second-order valence-electron chi connectivity index (χ2n) is 11.3. The average Bonchev–Trinajstić information content (AvgIpc) is 3.52. The molecule has 0 radical (unpaired) electrons. The maximum absolute atomic E-state index is 6.57. The van der Waals surface area contributed by atoms with E-state index < -0.39 is 0 Å². The number of para-hydroxylation sites is 2. The molecule has 188 valence electrons. The van der Waals surface area contributed by atoms with Crippen LogP contribution in [0.1, 0.15) is 0 Å². The highest BCUT2D eigenvalue weighted by atomic mass is 16.5. The van der Waals surface area contributed by atoms with Gasteiger partial charge in [-0.05, 0) is 77.7 Å². The zero-order chi connectivity index (χ0) is 26.4. The molecule has 4 nitrogen and oxygen atoms in total. The van der Waals surface area contributed by atoms with Crippen molar-refractivity contribution in [2.45, 2.75) is 0 Å². The van der Waals surface area contributed by atoms with Crippen molar-refractivity contribution in [3.63, 3.8) is 0 Å². The number of aromatic nitrogens is 2. The normalized spacial score (nSPS) is 13.7. The lowest BCUT2D eigenvalue weighted by molar-refractivity contribution is 0.464. The number of hydrogen-bond acceptors (Lipinski definition) is 2. The molecular weight excluding hydrogens is 503 g/mol. The maximum Gasteiger partial charge on any atom is 0.266 e. The summed E-state index contributed by atoms with van der Waals surface area (Å²) in [5, 5.41) is 4.99. The van der Waals surface area contributed by atoms with Gasteiger partial charge in [-0.15, -0.1) is 0 Å². The van der Waals surface area contributed by atoms with Gasteiger partial charge in [-0.1, -0.05) is 48.5 Å². The van der Waals surface area contributed by atoms with Crippen molar-refractivity contribution in [2.24, 2.45) is 0 Å². The summed E-state index contributed by atoms with van der Waals surface area (Å²) < 4.78 is 17.9. The number of fused-ring (bicyclic) bond motifs is 7. The Hall–Kier alpha value is -5.42. The molecule has 2 aromatic heterocycles. The lowest BCUT2D eigenvalue weighted by atomic mass is 9.33. The molecule has 3 aliphatic heterocycles. The maximum atomic E-state index is 6.57. The van der Waals surface area contributed by atoms with Crippen molar-refractivity contribution in [3.05, 3.63) is 115 Å². The largest absolute Gasteiger partial charge is 0.458 e. The van der Waals surface area contributed by atoms with Crippen molar-refractivity contribution in [3.8, 4) is 34.4 Å². The average molecular weight is 522 g/mol. The monoisotopic (exact) mass is 522 g/mol. The van der Waals surface area contributed by atoms with Crippen LogP contribution >= 0.6 is 0 Å². The molecule has 8 aromatic rings. The zero-order valence-corrected chi connectivity index (χ0v) is 21.8. The number of nitrogens with zero attached hydrogens (tertiary/aromatic N) is 2. The van der Waals surface area contributed by atoms with Gasteiger partial charge >= 0.3 is 0 Å². The number of ether oxygens (including phenoxy) is 2. The lowest BCUT2D eigenvalue weighted by Gasteiger charge is -2.37. The highest BCUT2D eigenvalue weighted by Gasteiger charge is 2.46. The standard InChI is InChI=1S/C36H19BN2O2/c1-2-8-20(9-3-1)38-25-11-5-4-10-21(25)23-18-28-24(19-27(23)38)22-16-17-32-35-36(22)39(28)26-12-6-13-29-33(26)37(35)34-30(40-29)14-7-15-31(34)41-32/h1-19H. The minimum Gasteiger partial charge on any atom is -0.458 e. The molecule has 5 heteroatoms. The van der Waals surface area contributed by atoms with E-state index in [2.05, 4.69) is 118 Å². The second kappa shape index (κ2) is 6.83. The van der Waals surface area contributed by atoms with Crippen LogP contribution in [0.4, 0.5) is 0 Å². The summed E-state index contributed by atoms with van der Waals surface area (Å²) in [7, 11) is 0. The molecule has 0 saturated carbocycles. The van der Waals surface area contributed by atoms with Crippen molar-refractivity contribution >= 4 is 66.7 Å². The first-order valence-corrected chi connectivity index (χ1v) is 14.1. The summed E-state index contributed by atoms with van der Waals surface area (Å²) in [6, 6.07) is 41.2. The van der Waals surface area contributed by atoms with Crippen LogP contribution in [-0.4, -0.2) is 15.8 Å². The van der Waals surface area contributed by atoms with Gasteiger partial charge in [-0.3, -0.25) is 0 Å². The SMILES string of the molecule is c1ccc(-n2c3ccccc3c3cc4c(cc32)c2ccc3c5c2n4-c2cccc4c2B5c2c(cccc2O3)O4)cc1. The third-order valence-corrected chi connectivity index (χ3v) is 9.35. The zero-order valence-electron chi connectivity index (χ0n) is 21.8. The fourth-order valence-corrected chi connectivity index (χ4v) is 7.81. The second-order valence-corrected chi connectivity index (χ2v) is 11.3. The van der Waals surface area contributed by atoms with Crippen molar-refractivity contribution in [1.29, 1.82) is 0 Å². The van der Waals surface area contributed by atoms with Crippen LogP contribution < -0.4 is 25.9 Å². The van der Waals surface area contributed by atoms with Gasteiger partial charge in [0, 0.05) is 38.4 Å². The summed E-state index contributed by atoms with van der Waals surface area (Å²) in [4.78, 5) is 0. The lowest BCUT2D eigenvalue weighted by Crippen LogP contribution is -2.60. The molecule has 3 aliphatic rings. The van der Waals surface area contributed by atoms with E-state index in [1.54, 1.807) is 0 Å². The Morgan fingerprint density at radius 3 is 1.93 bits per heavy atom. The molecule has 0 amide bonds. The first-order valence-electron chi connectivity index (χ1n) is 14.1. The van der Waals surface area contributed by atoms with E-state index in [0.29, 0.717) is 0 Å². The van der Waals surface area contributed by atoms with Crippen LogP contribution in [0.2, 0.25) is 0 Å². The Balaban J connectivity index is 1.35. The van der Waals surface area contributed by atoms with Crippen LogP contribution in [0, 0.1) is 0 Å². The van der Waals surface area contributed by atoms with Gasteiger partial charge in [0.2, 0.25) is 0 Å². The molecule has 0 atom stereocenters. The summed E-state index contributed by atoms with van der Waals surface area (Å²) in [5.41, 5.74) is 10.8. The fraction of sp³-hybridized carbons (Fsp3) is 0. The molecule has 5 heterocycles. The molecule has 0 fully saturated rings. The topological polar surface area (TPSA) is 28.3 Å². The van der Waals surface area contributed by atoms with E-state index in [-0.39, 0.29) is 6.71 Å². The van der Waals surface area contributed by atoms with Gasteiger partial charge in [0.1, 0.15) is 23.0 Å². The minimum absolute atomic E-state index is 0.0822. The first kappa shape index (κ1) is 20.5. The quantitative estimate of drug-likeness (QED) is 0.219. The van der Waals surface area contributed by atoms with Gasteiger partial charge in [0.15, 0.2) is 0 Å². The summed E-state index contributed by atoms with van der Waals surface area (Å²) in [5.74, 6) is 3.63. The van der Waals surface area contributed by atoms with E-state index in [4.69, 9.17) is 9.47 Å². The molecular formula is C36H19BN2O2. The molecule has 0 spiro atoms. The Morgan fingerprint density at radius 2 is 1.10 bits per heavy atom. The Morgan fingerprint density at radius 1 is 0.439 bits per heavy atom. The van der Waals surface area contributed by atoms with Crippen molar-refractivity contribution in [2.75, 3.05) is 0 Å². The molecule has 0 aliphatic carbocycles. The van der Waals surface area contributed by atoms with E-state index in [1.807, 2.05) is 6.07 Å². The molecule has 0 unspecified atom stereocenters. The van der Waals surface area contributed by atoms with Gasteiger partial charge in [0.05, 0.1) is 22.1 Å². The van der Waals surface area contributed by atoms with Gasteiger partial charge in [-0.25, -0.2) is 0 Å². The predicted octanol–water partition coefficient (Wildman–Crippen LogP) is 6.92. The first-order chi connectivity index (χ1) is 20.3. The minimum atomic E-state index is 0.0822. The third kappa shape index (κ3) is 2.29. The van der Waals surface area contributed by atoms with E-state index in [9.17, 15) is 0 Å². The van der Waals surface area contributed by atoms with E-state index in [0.717, 1.165) is 28.5 Å².